The Bertz CT molecular complexity index is 594. The second kappa shape index (κ2) is 6.70. The first kappa shape index (κ1) is 16.4. The van der Waals surface area contributed by atoms with E-state index < -0.39 is 23.4 Å². The summed E-state index contributed by atoms with van der Waals surface area (Å²) in [6.07, 6.45) is 0.153. The van der Waals surface area contributed by atoms with Crippen LogP contribution in [0.15, 0.2) is 18.2 Å². The molecule has 1 aromatic carbocycles. The Morgan fingerprint density at radius 3 is 2.67 bits per heavy atom. The zero-order valence-corrected chi connectivity index (χ0v) is 11.7. The second-order valence-corrected chi connectivity index (χ2v) is 5.13. The number of carbonyl (C=O) groups is 2. The van der Waals surface area contributed by atoms with Gasteiger partial charge in [-0.25, -0.2) is 9.18 Å². The van der Waals surface area contributed by atoms with Crippen LogP contribution < -0.4 is 10.6 Å². The summed E-state index contributed by atoms with van der Waals surface area (Å²) in [4.78, 5) is 22.4. The summed E-state index contributed by atoms with van der Waals surface area (Å²) < 4.78 is 13.4. The van der Waals surface area contributed by atoms with E-state index in [1.165, 1.54) is 12.1 Å². The number of carbonyl (C=O) groups excluding carboxylic acids is 1. The van der Waals surface area contributed by atoms with E-state index in [9.17, 15) is 14.0 Å². The van der Waals surface area contributed by atoms with Crippen LogP contribution in [0.3, 0.4) is 0 Å². The van der Waals surface area contributed by atoms with Gasteiger partial charge in [-0.2, -0.15) is 5.26 Å². The molecule has 7 heteroatoms. The molecule has 0 aliphatic heterocycles. The number of amides is 2. The number of urea groups is 1. The molecule has 1 rings (SSSR count). The van der Waals surface area contributed by atoms with E-state index in [-0.39, 0.29) is 24.1 Å². The largest absolute Gasteiger partial charge is 0.481 e. The monoisotopic (exact) mass is 293 g/mol. The summed E-state index contributed by atoms with van der Waals surface area (Å²) in [6, 6.07) is 4.95. The number of carboxylic acid groups (broad SMARTS) is 1. The fourth-order valence-electron chi connectivity index (χ4n) is 1.68. The molecule has 6 nitrogen and oxygen atoms in total. The molecular formula is C14H16FN3O3. The van der Waals surface area contributed by atoms with Gasteiger partial charge in [-0.3, -0.25) is 4.79 Å². The maximum Gasteiger partial charge on any atom is 0.319 e. The number of anilines is 1. The van der Waals surface area contributed by atoms with Crippen molar-refractivity contribution in [3.63, 3.8) is 0 Å². The Hall–Kier alpha value is -2.62. The van der Waals surface area contributed by atoms with Gasteiger partial charge in [0.15, 0.2) is 0 Å². The fourth-order valence-corrected chi connectivity index (χ4v) is 1.68. The van der Waals surface area contributed by atoms with Crippen LogP contribution in [0.25, 0.3) is 0 Å². The molecule has 0 saturated carbocycles. The summed E-state index contributed by atoms with van der Waals surface area (Å²) >= 11 is 0. The number of hydrogen-bond acceptors (Lipinski definition) is 3. The Labute approximate surface area is 121 Å². The molecule has 3 N–H and O–H groups in total. The van der Waals surface area contributed by atoms with Crippen molar-refractivity contribution in [1.82, 2.24) is 5.32 Å². The number of rotatable bonds is 5. The minimum Gasteiger partial charge on any atom is -0.481 e. The molecule has 0 spiro atoms. The van der Waals surface area contributed by atoms with Crippen molar-refractivity contribution in [2.75, 3.05) is 5.32 Å². The third-order valence-corrected chi connectivity index (χ3v) is 2.79. The standard InChI is InChI=1S/C14H16FN3O3/c1-14(2,7-6-12(19)20)18-13(21)17-11-5-3-4-10(15)9(11)8-16/h3-5H,6-7H2,1-2H3,(H,19,20)(H2,17,18,21). The molecule has 0 fully saturated rings. The van der Waals surface area contributed by atoms with Crippen LogP contribution in [0.5, 0.6) is 0 Å². The summed E-state index contributed by atoms with van der Waals surface area (Å²) in [5.41, 5.74) is -0.942. The number of hydrogen-bond donors (Lipinski definition) is 3. The summed E-state index contributed by atoms with van der Waals surface area (Å²) in [5.74, 6) is -1.68. The maximum atomic E-state index is 13.4. The Kier molecular flexibility index (Phi) is 5.24. The van der Waals surface area contributed by atoms with Crippen LogP contribution in [-0.2, 0) is 4.79 Å². The average Bonchev–Trinajstić information content (AvgIpc) is 2.36. The number of benzene rings is 1. The third kappa shape index (κ3) is 5.10. The number of aliphatic carboxylic acids is 1. The summed E-state index contributed by atoms with van der Waals surface area (Å²) in [6.45, 7) is 3.35. The van der Waals surface area contributed by atoms with Gasteiger partial charge in [0.1, 0.15) is 17.4 Å². The first-order valence-electron chi connectivity index (χ1n) is 6.25. The highest BCUT2D eigenvalue weighted by Crippen LogP contribution is 2.18. The second-order valence-electron chi connectivity index (χ2n) is 5.13. The third-order valence-electron chi connectivity index (χ3n) is 2.79. The van der Waals surface area contributed by atoms with E-state index in [0.29, 0.717) is 0 Å². The molecule has 0 aromatic heterocycles. The van der Waals surface area contributed by atoms with Crippen molar-refractivity contribution < 1.29 is 19.1 Å². The zero-order valence-electron chi connectivity index (χ0n) is 11.7. The first-order chi connectivity index (χ1) is 9.75. The van der Waals surface area contributed by atoms with E-state index in [0.717, 1.165) is 6.07 Å². The molecule has 0 heterocycles. The van der Waals surface area contributed by atoms with E-state index in [4.69, 9.17) is 10.4 Å². The predicted octanol–water partition coefficient (Wildman–Crippen LogP) is 2.46. The van der Waals surface area contributed by atoms with Crippen molar-refractivity contribution in [3.8, 4) is 6.07 Å². The van der Waals surface area contributed by atoms with Crippen LogP contribution in [0.4, 0.5) is 14.9 Å². The highest BCUT2D eigenvalue weighted by Gasteiger charge is 2.22. The predicted molar refractivity (Wildman–Crippen MR) is 74.2 cm³/mol. The van der Waals surface area contributed by atoms with Crippen LogP contribution >= 0.6 is 0 Å². The van der Waals surface area contributed by atoms with Gasteiger partial charge in [0, 0.05) is 12.0 Å². The van der Waals surface area contributed by atoms with Crippen molar-refractivity contribution in [1.29, 1.82) is 5.26 Å². The van der Waals surface area contributed by atoms with E-state index >= 15 is 0 Å². The number of nitrogens with one attached hydrogen (secondary N) is 2. The first-order valence-corrected chi connectivity index (χ1v) is 6.25. The zero-order chi connectivity index (χ0) is 16.0. The lowest BCUT2D eigenvalue weighted by molar-refractivity contribution is -0.137. The maximum absolute atomic E-state index is 13.4. The minimum absolute atomic E-state index is 0.0593. The SMILES string of the molecule is CC(C)(CCC(=O)O)NC(=O)Nc1cccc(F)c1C#N. The van der Waals surface area contributed by atoms with Crippen molar-refractivity contribution >= 4 is 17.7 Å². The molecule has 0 bridgehead atoms. The van der Waals surface area contributed by atoms with Gasteiger partial charge < -0.3 is 15.7 Å². The van der Waals surface area contributed by atoms with Crippen LogP contribution in [0.2, 0.25) is 0 Å². The smallest absolute Gasteiger partial charge is 0.319 e. The number of nitriles is 1. The lowest BCUT2D eigenvalue weighted by atomic mass is 9.99. The lowest BCUT2D eigenvalue weighted by Crippen LogP contribution is -2.45. The molecule has 1 aromatic rings. The number of carboxylic acids is 1. The Balaban J connectivity index is 2.72. The van der Waals surface area contributed by atoms with Gasteiger partial charge in [0.05, 0.1) is 5.69 Å². The van der Waals surface area contributed by atoms with Gasteiger partial charge in [-0.05, 0) is 32.4 Å². The van der Waals surface area contributed by atoms with Crippen molar-refractivity contribution in [3.05, 3.63) is 29.6 Å². The fraction of sp³-hybridized carbons (Fsp3) is 0.357. The molecule has 0 atom stereocenters. The number of halogens is 1. The minimum atomic E-state index is -0.956. The molecule has 0 saturated heterocycles. The molecular weight excluding hydrogens is 277 g/mol. The Morgan fingerprint density at radius 1 is 1.43 bits per heavy atom. The highest BCUT2D eigenvalue weighted by molar-refractivity contribution is 5.91. The van der Waals surface area contributed by atoms with Crippen LogP contribution in [0.1, 0.15) is 32.3 Å². The van der Waals surface area contributed by atoms with Crippen LogP contribution in [0, 0.1) is 17.1 Å². The summed E-state index contributed by atoms with van der Waals surface area (Å²) in [7, 11) is 0. The average molecular weight is 293 g/mol. The normalized spacial score (nSPS) is 10.6. The van der Waals surface area contributed by atoms with E-state index in [1.54, 1.807) is 19.9 Å². The molecule has 112 valence electrons. The van der Waals surface area contributed by atoms with Gasteiger partial charge in [0.2, 0.25) is 0 Å². The molecule has 21 heavy (non-hydrogen) atoms. The molecule has 0 aliphatic rings. The van der Waals surface area contributed by atoms with E-state index in [1.807, 2.05) is 0 Å². The van der Waals surface area contributed by atoms with E-state index in [2.05, 4.69) is 10.6 Å². The van der Waals surface area contributed by atoms with Crippen LogP contribution in [-0.4, -0.2) is 22.6 Å². The van der Waals surface area contributed by atoms with Gasteiger partial charge in [0.25, 0.3) is 0 Å². The molecule has 0 unspecified atom stereocenters. The van der Waals surface area contributed by atoms with Gasteiger partial charge >= 0.3 is 12.0 Å². The van der Waals surface area contributed by atoms with Crippen molar-refractivity contribution in [2.24, 2.45) is 0 Å². The Morgan fingerprint density at radius 2 is 2.10 bits per heavy atom. The van der Waals surface area contributed by atoms with Gasteiger partial charge in [-0.1, -0.05) is 6.07 Å². The number of nitrogens with zero attached hydrogens (tertiary/aromatic N) is 1. The summed E-state index contributed by atoms with van der Waals surface area (Å²) in [5, 5.41) is 22.5. The van der Waals surface area contributed by atoms with Gasteiger partial charge in [-0.15, -0.1) is 0 Å². The molecule has 0 aliphatic carbocycles. The highest BCUT2D eigenvalue weighted by atomic mass is 19.1. The molecule has 0 radical (unpaired) electrons. The van der Waals surface area contributed by atoms with Crippen molar-refractivity contribution in [2.45, 2.75) is 32.2 Å². The topological polar surface area (TPSA) is 102 Å². The quantitative estimate of drug-likeness (QED) is 0.776. The lowest BCUT2D eigenvalue weighted by Gasteiger charge is -2.25. The molecule has 2 amide bonds.